The number of carbonyl (C=O) groups excluding carboxylic acids is 1. The summed E-state index contributed by atoms with van der Waals surface area (Å²) in [6, 6.07) is 7.39. The van der Waals surface area contributed by atoms with Gasteiger partial charge in [0.05, 0.1) is 0 Å². The predicted molar refractivity (Wildman–Crippen MR) is 63.5 cm³/mol. The lowest BCUT2D eigenvalue weighted by Gasteiger charge is -2.06. The molecule has 0 aliphatic carbocycles. The molecule has 0 bridgehead atoms. The highest BCUT2D eigenvalue weighted by atomic mass is 16.5. The molecule has 84 valence electrons. The summed E-state index contributed by atoms with van der Waals surface area (Å²) in [6.07, 6.45) is 4.64. The monoisotopic (exact) mass is 218 g/mol. The lowest BCUT2D eigenvalue weighted by Crippen LogP contribution is -2.27. The highest BCUT2D eigenvalue weighted by molar-refractivity contribution is 5.91. The Kier molecular flexibility index (Phi) is 4.82. The molecule has 0 heterocycles. The first kappa shape index (κ1) is 12.0. The van der Waals surface area contributed by atoms with E-state index in [0.29, 0.717) is 12.4 Å². The summed E-state index contributed by atoms with van der Waals surface area (Å²) >= 11 is 0. The zero-order chi connectivity index (χ0) is 11.8. The molecule has 1 aromatic carbocycles. The molecule has 0 aliphatic heterocycles. The second kappa shape index (κ2) is 6.42. The quantitative estimate of drug-likeness (QED) is 0.257. The van der Waals surface area contributed by atoms with Crippen molar-refractivity contribution < 1.29 is 9.53 Å². The van der Waals surface area contributed by atoms with E-state index in [1.165, 1.54) is 6.08 Å². The van der Waals surface area contributed by atoms with E-state index < -0.39 is 0 Å². The molecule has 0 saturated carbocycles. The van der Waals surface area contributed by atoms with Gasteiger partial charge in [0, 0.05) is 11.6 Å². The fraction of sp³-hybridized carbons (Fsp3) is 0.0833. The number of amides is 1. The first-order valence-corrected chi connectivity index (χ1v) is 4.79. The van der Waals surface area contributed by atoms with Crippen LogP contribution in [0.4, 0.5) is 0 Å². The minimum Gasteiger partial charge on any atom is -0.489 e. The van der Waals surface area contributed by atoms with Crippen molar-refractivity contribution in [1.29, 1.82) is 0 Å². The van der Waals surface area contributed by atoms with E-state index in [1.807, 2.05) is 29.7 Å². The van der Waals surface area contributed by atoms with E-state index in [1.54, 1.807) is 12.2 Å². The molecule has 16 heavy (non-hydrogen) atoms. The zero-order valence-electron chi connectivity index (χ0n) is 8.85. The van der Waals surface area contributed by atoms with Gasteiger partial charge in [0.25, 0.3) is 5.91 Å². The molecule has 1 rings (SSSR count). The van der Waals surface area contributed by atoms with Crippen LogP contribution in [0.3, 0.4) is 0 Å². The largest absolute Gasteiger partial charge is 0.489 e. The van der Waals surface area contributed by atoms with Crippen LogP contribution in [0, 0.1) is 0 Å². The van der Waals surface area contributed by atoms with Crippen molar-refractivity contribution in [2.24, 2.45) is 5.84 Å². The summed E-state index contributed by atoms with van der Waals surface area (Å²) in [5, 5.41) is 0. The van der Waals surface area contributed by atoms with Gasteiger partial charge in [-0.25, -0.2) is 5.84 Å². The molecule has 0 spiro atoms. The van der Waals surface area contributed by atoms with Gasteiger partial charge < -0.3 is 4.74 Å². The minimum atomic E-state index is -0.362. The molecule has 0 aliphatic rings. The fourth-order valence-corrected chi connectivity index (χ4v) is 1.11. The van der Waals surface area contributed by atoms with E-state index in [-0.39, 0.29) is 5.91 Å². The third-order valence-corrected chi connectivity index (χ3v) is 1.83. The first-order valence-electron chi connectivity index (χ1n) is 4.79. The van der Waals surface area contributed by atoms with E-state index in [9.17, 15) is 4.79 Å². The smallest absolute Gasteiger partial charge is 0.257 e. The summed E-state index contributed by atoms with van der Waals surface area (Å²) in [5.41, 5.74) is 2.83. The molecule has 0 saturated heterocycles. The molecular weight excluding hydrogens is 204 g/mol. The molecule has 1 amide bonds. The van der Waals surface area contributed by atoms with Crippen LogP contribution in [0.25, 0.3) is 6.08 Å². The Labute approximate surface area is 94.4 Å². The number of carbonyl (C=O) groups is 1. The number of benzene rings is 1. The van der Waals surface area contributed by atoms with Crippen LogP contribution in [-0.4, -0.2) is 12.5 Å². The Morgan fingerprint density at radius 1 is 1.50 bits per heavy atom. The SMILES string of the molecule is C=CCOc1ccccc1C=CC(=O)NN. The molecule has 4 heteroatoms. The minimum absolute atomic E-state index is 0.362. The van der Waals surface area contributed by atoms with E-state index in [2.05, 4.69) is 6.58 Å². The van der Waals surface area contributed by atoms with Gasteiger partial charge in [0.1, 0.15) is 12.4 Å². The molecule has 4 nitrogen and oxygen atoms in total. The molecule has 3 N–H and O–H groups in total. The number of hydrazine groups is 1. The molecular formula is C12H14N2O2. The zero-order valence-corrected chi connectivity index (χ0v) is 8.85. The number of rotatable bonds is 5. The Balaban J connectivity index is 2.81. The van der Waals surface area contributed by atoms with Gasteiger partial charge in [-0.2, -0.15) is 0 Å². The van der Waals surface area contributed by atoms with Crippen molar-refractivity contribution >= 4 is 12.0 Å². The van der Waals surface area contributed by atoms with Crippen molar-refractivity contribution in [3.63, 3.8) is 0 Å². The van der Waals surface area contributed by atoms with Crippen LogP contribution in [0.1, 0.15) is 5.56 Å². The Hall–Kier alpha value is -2.07. The number of ether oxygens (including phenoxy) is 1. The number of nitrogens with one attached hydrogen (secondary N) is 1. The molecule has 0 atom stereocenters. The van der Waals surface area contributed by atoms with Gasteiger partial charge in [-0.05, 0) is 12.1 Å². The molecule has 1 aromatic rings. The van der Waals surface area contributed by atoms with Crippen LogP contribution in [-0.2, 0) is 4.79 Å². The number of hydrogen-bond donors (Lipinski definition) is 2. The second-order valence-corrected chi connectivity index (χ2v) is 2.98. The van der Waals surface area contributed by atoms with Crippen LogP contribution in [0.2, 0.25) is 0 Å². The lowest BCUT2D eigenvalue weighted by atomic mass is 10.2. The summed E-state index contributed by atoms with van der Waals surface area (Å²) in [5.74, 6) is 5.29. The van der Waals surface area contributed by atoms with Crippen LogP contribution in [0.5, 0.6) is 5.75 Å². The highest BCUT2D eigenvalue weighted by Crippen LogP contribution is 2.19. The number of hydrogen-bond acceptors (Lipinski definition) is 3. The van der Waals surface area contributed by atoms with Crippen molar-refractivity contribution in [2.75, 3.05) is 6.61 Å². The van der Waals surface area contributed by atoms with Gasteiger partial charge in [0.15, 0.2) is 0 Å². The maximum absolute atomic E-state index is 10.9. The Morgan fingerprint density at radius 2 is 2.25 bits per heavy atom. The number of nitrogens with two attached hydrogens (primary N) is 1. The first-order chi connectivity index (χ1) is 7.77. The van der Waals surface area contributed by atoms with Gasteiger partial charge in [-0.15, -0.1) is 0 Å². The summed E-state index contributed by atoms with van der Waals surface area (Å²) in [7, 11) is 0. The van der Waals surface area contributed by atoms with Crippen LogP contribution < -0.4 is 16.0 Å². The molecule has 0 aromatic heterocycles. The maximum atomic E-state index is 10.9. The summed E-state index contributed by atoms with van der Waals surface area (Å²) in [4.78, 5) is 10.9. The summed E-state index contributed by atoms with van der Waals surface area (Å²) < 4.78 is 5.42. The topological polar surface area (TPSA) is 64.3 Å². The maximum Gasteiger partial charge on any atom is 0.257 e. The normalized spacial score (nSPS) is 10.1. The van der Waals surface area contributed by atoms with Crippen molar-refractivity contribution in [1.82, 2.24) is 5.43 Å². The van der Waals surface area contributed by atoms with Crippen molar-refractivity contribution in [2.45, 2.75) is 0 Å². The number of para-hydroxylation sites is 1. The van der Waals surface area contributed by atoms with Gasteiger partial charge in [-0.3, -0.25) is 10.2 Å². The predicted octanol–water partition coefficient (Wildman–Crippen LogP) is 1.25. The van der Waals surface area contributed by atoms with Gasteiger partial charge >= 0.3 is 0 Å². The van der Waals surface area contributed by atoms with Gasteiger partial charge in [0.2, 0.25) is 0 Å². The van der Waals surface area contributed by atoms with Crippen LogP contribution in [0.15, 0.2) is 43.0 Å². The Bertz CT molecular complexity index is 400. The molecule has 0 unspecified atom stereocenters. The molecule has 0 fully saturated rings. The second-order valence-electron chi connectivity index (χ2n) is 2.98. The Morgan fingerprint density at radius 3 is 2.94 bits per heavy atom. The van der Waals surface area contributed by atoms with Gasteiger partial charge in [-0.1, -0.05) is 30.9 Å². The average molecular weight is 218 g/mol. The molecule has 0 radical (unpaired) electrons. The van der Waals surface area contributed by atoms with Crippen LogP contribution >= 0.6 is 0 Å². The summed E-state index contributed by atoms with van der Waals surface area (Å²) in [6.45, 7) is 3.99. The van der Waals surface area contributed by atoms with E-state index in [0.717, 1.165) is 5.56 Å². The third-order valence-electron chi connectivity index (χ3n) is 1.83. The highest BCUT2D eigenvalue weighted by Gasteiger charge is 1.99. The lowest BCUT2D eigenvalue weighted by molar-refractivity contribution is -0.116. The third kappa shape index (κ3) is 3.59. The fourth-order valence-electron chi connectivity index (χ4n) is 1.11. The standard InChI is InChI=1S/C12H14N2O2/c1-2-9-16-11-6-4-3-5-10(11)7-8-12(15)14-13/h2-8H,1,9,13H2,(H,14,15). The van der Waals surface area contributed by atoms with Crippen molar-refractivity contribution in [3.05, 3.63) is 48.6 Å². The van der Waals surface area contributed by atoms with Crippen molar-refractivity contribution in [3.8, 4) is 5.75 Å². The van der Waals surface area contributed by atoms with E-state index >= 15 is 0 Å². The van der Waals surface area contributed by atoms with E-state index in [4.69, 9.17) is 10.6 Å². The average Bonchev–Trinajstić information content (AvgIpc) is 2.34.